The van der Waals surface area contributed by atoms with Gasteiger partial charge in [0.1, 0.15) is 5.75 Å². The molecule has 1 atom stereocenters. The molecule has 0 bridgehead atoms. The summed E-state index contributed by atoms with van der Waals surface area (Å²) in [6.07, 6.45) is 3.78. The van der Waals surface area contributed by atoms with Gasteiger partial charge in [0, 0.05) is 38.8 Å². The summed E-state index contributed by atoms with van der Waals surface area (Å²) in [7, 11) is 0. The fraction of sp³-hybridized carbons (Fsp3) is 0.556. The number of hydrogen-bond acceptors (Lipinski definition) is 10. The summed E-state index contributed by atoms with van der Waals surface area (Å²) in [6.45, 7) is 7.40. The highest BCUT2D eigenvalue weighted by molar-refractivity contribution is 6.31. The lowest BCUT2D eigenvalue weighted by Gasteiger charge is -2.33. The molecule has 2 amide bonds. The van der Waals surface area contributed by atoms with Crippen molar-refractivity contribution in [2.75, 3.05) is 77.1 Å². The van der Waals surface area contributed by atoms with E-state index in [-0.39, 0.29) is 41.0 Å². The van der Waals surface area contributed by atoms with Gasteiger partial charge in [-0.2, -0.15) is 0 Å². The first-order valence-electron chi connectivity index (χ1n) is 13.8. The van der Waals surface area contributed by atoms with Gasteiger partial charge in [0.25, 0.3) is 11.8 Å². The van der Waals surface area contributed by atoms with Crippen LogP contribution in [0.1, 0.15) is 35.3 Å². The van der Waals surface area contributed by atoms with Crippen LogP contribution in [-0.4, -0.2) is 103 Å². The third-order valence-electron chi connectivity index (χ3n) is 7.05. The molecule has 1 aromatic carbocycles. The Morgan fingerprint density at radius 1 is 1.05 bits per heavy atom. The largest absolute Gasteiger partial charge is 0.484 e. The Morgan fingerprint density at radius 2 is 1.82 bits per heavy atom. The Labute approximate surface area is 239 Å². The average Bonchev–Trinajstić information content (AvgIpc) is 2.95. The van der Waals surface area contributed by atoms with Crippen LogP contribution in [0, 0.1) is 0 Å². The van der Waals surface area contributed by atoms with Gasteiger partial charge in [0.05, 0.1) is 13.2 Å². The van der Waals surface area contributed by atoms with Crippen molar-refractivity contribution in [3.05, 3.63) is 40.7 Å². The maximum atomic E-state index is 12.7. The van der Waals surface area contributed by atoms with E-state index in [0.717, 1.165) is 78.2 Å². The predicted octanol–water partition coefficient (Wildman–Crippen LogP) is 0.949. The second-order valence-corrected chi connectivity index (χ2v) is 10.4. The smallest absolute Gasteiger partial charge is 0.274 e. The first-order valence-corrected chi connectivity index (χ1v) is 14.2. The normalized spacial score (nSPS) is 18.3. The Hall–Kier alpha value is -3.19. The summed E-state index contributed by atoms with van der Waals surface area (Å²) in [4.78, 5) is 37.3. The summed E-state index contributed by atoms with van der Waals surface area (Å²) < 4.78 is 11.0. The van der Waals surface area contributed by atoms with E-state index in [4.69, 9.17) is 32.5 Å². The number of rotatable bonds is 12. The molecule has 1 aromatic heterocycles. The van der Waals surface area contributed by atoms with Crippen molar-refractivity contribution in [3.63, 3.8) is 0 Å². The summed E-state index contributed by atoms with van der Waals surface area (Å²) in [5.41, 5.74) is 12.6. The van der Waals surface area contributed by atoms with E-state index in [1.807, 2.05) is 24.3 Å². The number of halogens is 1. The van der Waals surface area contributed by atoms with Gasteiger partial charge in [-0.1, -0.05) is 23.7 Å². The number of likely N-dealkylation sites (tertiary alicyclic amines) is 1. The molecule has 0 radical (unpaired) electrons. The lowest BCUT2D eigenvalue weighted by Crippen LogP contribution is -2.48. The van der Waals surface area contributed by atoms with Gasteiger partial charge in [-0.05, 0) is 56.5 Å². The van der Waals surface area contributed by atoms with E-state index in [2.05, 4.69) is 30.4 Å². The quantitative estimate of drug-likeness (QED) is 0.287. The number of nitrogen functional groups attached to an aromatic ring is 2. The van der Waals surface area contributed by atoms with E-state index in [1.54, 1.807) is 0 Å². The second kappa shape index (κ2) is 15.0. The molecular formula is C27H39ClN8O4. The number of hydrogen-bond donors (Lipinski definition) is 4. The van der Waals surface area contributed by atoms with Crippen LogP contribution in [0.4, 0.5) is 11.6 Å². The van der Waals surface area contributed by atoms with Gasteiger partial charge in [-0.3, -0.25) is 14.5 Å². The number of amides is 2. The number of nitrogens with zero attached hydrogens (tertiary/aromatic N) is 4. The van der Waals surface area contributed by atoms with Crippen LogP contribution >= 0.6 is 11.6 Å². The maximum Gasteiger partial charge on any atom is 0.274 e. The molecule has 2 saturated heterocycles. The number of benzene rings is 1. The molecule has 218 valence electrons. The van der Waals surface area contributed by atoms with E-state index in [0.29, 0.717) is 12.3 Å². The lowest BCUT2D eigenvalue weighted by molar-refractivity contribution is -0.123. The van der Waals surface area contributed by atoms with Crippen molar-refractivity contribution in [2.24, 2.45) is 0 Å². The molecule has 4 rings (SSSR count). The minimum atomic E-state index is -0.397. The predicted molar refractivity (Wildman–Crippen MR) is 153 cm³/mol. The fourth-order valence-corrected chi connectivity index (χ4v) is 5.00. The molecule has 1 unspecified atom stereocenters. The van der Waals surface area contributed by atoms with E-state index in [1.165, 1.54) is 5.56 Å². The number of morpholine rings is 1. The standard InChI is InChI=1S/C27H39ClN8O4/c28-24-26(30)34-25(29)23(33-24)27(38)32-20-4-2-11-36(17-20)10-1-3-19-5-7-21(8-6-19)40-18-22(37)31-9-12-35-13-15-39-16-14-35/h5-8,20H,1-4,9-18H2,(H,31,37)(H,32,38)(H4,29,30,34). The first-order chi connectivity index (χ1) is 19.4. The fourth-order valence-electron chi connectivity index (χ4n) is 4.88. The SMILES string of the molecule is Nc1nc(N)c(C(=O)NC2CCCN(CCCc3ccc(OCC(=O)NCCN4CCOCC4)cc3)C2)nc1Cl. The van der Waals surface area contributed by atoms with Gasteiger partial charge < -0.3 is 36.5 Å². The van der Waals surface area contributed by atoms with Crippen molar-refractivity contribution in [1.29, 1.82) is 0 Å². The molecule has 13 heteroatoms. The van der Waals surface area contributed by atoms with Crippen LogP contribution in [0.3, 0.4) is 0 Å². The Morgan fingerprint density at radius 3 is 2.60 bits per heavy atom. The highest BCUT2D eigenvalue weighted by atomic mass is 35.5. The molecule has 2 fully saturated rings. The molecule has 6 N–H and O–H groups in total. The van der Waals surface area contributed by atoms with Gasteiger partial charge in [0.2, 0.25) is 0 Å². The molecule has 2 aliphatic rings. The molecule has 0 saturated carbocycles. The Kier molecular flexibility index (Phi) is 11.2. The average molecular weight is 575 g/mol. The van der Waals surface area contributed by atoms with Gasteiger partial charge in [-0.15, -0.1) is 0 Å². The topological polar surface area (TPSA) is 161 Å². The van der Waals surface area contributed by atoms with E-state index >= 15 is 0 Å². The molecule has 2 aromatic rings. The molecule has 2 aliphatic heterocycles. The van der Waals surface area contributed by atoms with Gasteiger partial charge in [-0.25, -0.2) is 9.97 Å². The second-order valence-electron chi connectivity index (χ2n) is 10.1. The number of anilines is 2. The summed E-state index contributed by atoms with van der Waals surface area (Å²) >= 11 is 5.91. The van der Waals surface area contributed by atoms with Crippen LogP contribution in [0.5, 0.6) is 5.75 Å². The Balaban J connectivity index is 1.12. The van der Waals surface area contributed by atoms with Crippen LogP contribution in [-0.2, 0) is 16.0 Å². The van der Waals surface area contributed by atoms with Crippen molar-refractivity contribution in [2.45, 2.75) is 31.7 Å². The highest BCUT2D eigenvalue weighted by Gasteiger charge is 2.24. The molecule has 0 spiro atoms. The van der Waals surface area contributed by atoms with Gasteiger partial charge >= 0.3 is 0 Å². The summed E-state index contributed by atoms with van der Waals surface area (Å²) in [6, 6.07) is 7.87. The van der Waals surface area contributed by atoms with Crippen molar-refractivity contribution >= 4 is 35.1 Å². The number of piperidine rings is 1. The number of nitrogens with one attached hydrogen (secondary N) is 2. The zero-order valence-corrected chi connectivity index (χ0v) is 23.5. The zero-order valence-electron chi connectivity index (χ0n) is 22.7. The summed E-state index contributed by atoms with van der Waals surface area (Å²) in [5, 5.41) is 5.87. The molecule has 40 heavy (non-hydrogen) atoms. The number of aryl methyl sites for hydroxylation is 1. The lowest BCUT2D eigenvalue weighted by atomic mass is 10.0. The number of aromatic nitrogens is 2. The minimum Gasteiger partial charge on any atom is -0.484 e. The maximum absolute atomic E-state index is 12.7. The van der Waals surface area contributed by atoms with Crippen molar-refractivity contribution < 1.29 is 19.1 Å². The van der Waals surface area contributed by atoms with E-state index in [9.17, 15) is 9.59 Å². The Bertz CT molecular complexity index is 1130. The van der Waals surface area contributed by atoms with Crippen molar-refractivity contribution in [3.8, 4) is 5.75 Å². The number of ether oxygens (including phenoxy) is 2. The number of carbonyl (C=O) groups is 2. The van der Waals surface area contributed by atoms with Crippen molar-refractivity contribution in [1.82, 2.24) is 30.4 Å². The van der Waals surface area contributed by atoms with Crippen LogP contribution in [0.25, 0.3) is 0 Å². The highest BCUT2D eigenvalue weighted by Crippen LogP contribution is 2.19. The van der Waals surface area contributed by atoms with Gasteiger partial charge in [0.15, 0.2) is 29.1 Å². The van der Waals surface area contributed by atoms with Crippen LogP contribution in [0.15, 0.2) is 24.3 Å². The van der Waals surface area contributed by atoms with Crippen LogP contribution < -0.4 is 26.8 Å². The minimum absolute atomic E-state index is 0.000179. The van der Waals surface area contributed by atoms with E-state index < -0.39 is 5.91 Å². The number of nitrogens with two attached hydrogens (primary N) is 2. The first kappa shape index (κ1) is 29.8. The third kappa shape index (κ3) is 9.19. The molecule has 0 aliphatic carbocycles. The van der Waals surface area contributed by atoms with Crippen LogP contribution in [0.2, 0.25) is 5.15 Å². The molecule has 3 heterocycles. The monoisotopic (exact) mass is 574 g/mol. The molecule has 12 nitrogen and oxygen atoms in total. The number of carbonyl (C=O) groups excluding carboxylic acids is 2. The third-order valence-corrected chi connectivity index (χ3v) is 7.33. The zero-order chi connectivity index (χ0) is 28.3. The molecular weight excluding hydrogens is 536 g/mol. The summed E-state index contributed by atoms with van der Waals surface area (Å²) in [5.74, 6) is 0.119.